The van der Waals surface area contributed by atoms with Crippen LogP contribution < -0.4 is 0 Å². The summed E-state index contributed by atoms with van der Waals surface area (Å²) in [7, 11) is 0. The molecule has 5 N–H and O–H groups in total. The van der Waals surface area contributed by atoms with E-state index in [0.29, 0.717) is 19.0 Å². The molecule has 8 heteroatoms. The summed E-state index contributed by atoms with van der Waals surface area (Å²) >= 11 is 0. The van der Waals surface area contributed by atoms with Crippen LogP contribution in [0.5, 0.6) is 11.5 Å². The van der Waals surface area contributed by atoms with Crippen LogP contribution in [0.2, 0.25) is 0 Å². The van der Waals surface area contributed by atoms with Gasteiger partial charge in [-0.05, 0) is 25.7 Å². The van der Waals surface area contributed by atoms with Crippen LogP contribution in [0.3, 0.4) is 0 Å². The van der Waals surface area contributed by atoms with Crippen molar-refractivity contribution in [1.82, 2.24) is 4.90 Å². The minimum absolute atomic E-state index is 0.0429. The van der Waals surface area contributed by atoms with Crippen LogP contribution >= 0.6 is 0 Å². The van der Waals surface area contributed by atoms with Crippen LogP contribution in [-0.2, 0) is 6.42 Å². The van der Waals surface area contributed by atoms with E-state index in [0.717, 1.165) is 18.9 Å². The molecular weight excluding hydrogens is 378 g/mol. The Morgan fingerprint density at radius 1 is 1.07 bits per heavy atom. The average Bonchev–Trinajstić information content (AvgIpc) is 2.66. The predicted molar refractivity (Wildman–Crippen MR) is 102 cm³/mol. The molecule has 0 spiro atoms. The topological polar surface area (TPSA) is 139 Å². The van der Waals surface area contributed by atoms with Gasteiger partial charge in [0, 0.05) is 36.7 Å². The molecule has 4 rings (SSSR count). The minimum Gasteiger partial charge on any atom is -0.507 e. The standard InChI is InChI=1S/C21H25NO7/c1-9-3-5-22(6-4-9)11-7-12(23)14-15(17(11)25)16(24)10-8-21(2,29)20(28)19(27)13(10)18(14)26/h7,9,19-20,24,26-29H,3-6,8H2,1-2H3. The number of hydrogen-bond acceptors (Lipinski definition) is 8. The van der Waals surface area contributed by atoms with Crippen LogP contribution in [0.25, 0.3) is 0 Å². The number of Topliss-reactive ketones (excluding diaryl/α,β-unsaturated/α-hetero) is 1. The maximum atomic E-state index is 13.2. The lowest BCUT2D eigenvalue weighted by atomic mass is 9.73. The first-order valence-corrected chi connectivity index (χ1v) is 9.79. The molecule has 1 aromatic rings. The van der Waals surface area contributed by atoms with Gasteiger partial charge in [-0.3, -0.25) is 9.59 Å². The van der Waals surface area contributed by atoms with Gasteiger partial charge in [0.2, 0.25) is 5.78 Å². The van der Waals surface area contributed by atoms with Gasteiger partial charge in [0.25, 0.3) is 0 Å². The molecule has 2 aliphatic carbocycles. The molecule has 8 nitrogen and oxygen atoms in total. The number of nitrogens with zero attached hydrogens (tertiary/aromatic N) is 1. The number of likely N-dealkylation sites (tertiary alicyclic amines) is 1. The molecule has 1 aromatic carbocycles. The maximum Gasteiger partial charge on any atom is 0.213 e. The normalized spacial score (nSPS) is 30.1. The molecule has 1 fully saturated rings. The van der Waals surface area contributed by atoms with Gasteiger partial charge in [0.15, 0.2) is 5.78 Å². The fourth-order valence-corrected chi connectivity index (χ4v) is 4.59. The summed E-state index contributed by atoms with van der Waals surface area (Å²) in [5.74, 6) is -1.90. The zero-order valence-corrected chi connectivity index (χ0v) is 16.3. The van der Waals surface area contributed by atoms with E-state index in [1.165, 1.54) is 6.92 Å². The zero-order valence-electron chi connectivity index (χ0n) is 16.3. The Morgan fingerprint density at radius 3 is 2.31 bits per heavy atom. The summed E-state index contributed by atoms with van der Waals surface area (Å²) in [5.41, 5.74) is -2.58. The second-order valence-electron chi connectivity index (χ2n) is 8.66. The zero-order chi connectivity index (χ0) is 21.2. The first kappa shape index (κ1) is 19.9. The van der Waals surface area contributed by atoms with Crippen molar-refractivity contribution in [2.45, 2.75) is 50.9 Å². The molecule has 0 radical (unpaired) electrons. The lowest BCUT2D eigenvalue weighted by molar-refractivity contribution is -0.126. The van der Waals surface area contributed by atoms with Crippen LogP contribution in [0.1, 0.15) is 64.6 Å². The number of benzene rings is 1. The van der Waals surface area contributed by atoms with Crippen LogP contribution in [-0.4, -0.2) is 66.8 Å². The largest absolute Gasteiger partial charge is 0.507 e. The summed E-state index contributed by atoms with van der Waals surface area (Å²) in [6.07, 6.45) is -0.737. The Morgan fingerprint density at radius 2 is 1.69 bits per heavy atom. The lowest BCUT2D eigenvalue weighted by Crippen LogP contribution is -2.49. The van der Waals surface area contributed by atoms with E-state index in [1.807, 2.05) is 4.90 Å². The highest BCUT2D eigenvalue weighted by atomic mass is 16.4. The number of aliphatic hydroxyl groups is 3. The number of rotatable bonds is 1. The van der Waals surface area contributed by atoms with Crippen molar-refractivity contribution in [2.75, 3.05) is 13.1 Å². The number of phenolic OH excluding ortho intramolecular Hbond substituents is 2. The summed E-state index contributed by atoms with van der Waals surface area (Å²) in [6.45, 7) is 4.63. The molecule has 3 unspecified atom stereocenters. The van der Waals surface area contributed by atoms with Gasteiger partial charge in [-0.25, -0.2) is 0 Å². The van der Waals surface area contributed by atoms with Crippen molar-refractivity contribution in [1.29, 1.82) is 0 Å². The van der Waals surface area contributed by atoms with E-state index in [4.69, 9.17) is 0 Å². The third kappa shape index (κ3) is 2.86. The molecule has 1 aliphatic heterocycles. The van der Waals surface area contributed by atoms with Crippen LogP contribution in [0.4, 0.5) is 0 Å². The summed E-state index contributed by atoms with van der Waals surface area (Å²) in [6, 6.07) is 0. The molecule has 1 saturated heterocycles. The Hall–Kier alpha value is -2.42. The molecule has 0 bridgehead atoms. The molecular formula is C21H25NO7. The lowest BCUT2D eigenvalue weighted by Gasteiger charge is -2.40. The second kappa shape index (κ2) is 6.55. The Labute approximate surface area is 167 Å². The van der Waals surface area contributed by atoms with Crippen molar-refractivity contribution in [2.24, 2.45) is 5.92 Å². The highest BCUT2D eigenvalue weighted by Crippen LogP contribution is 2.49. The Kier molecular flexibility index (Phi) is 4.49. The average molecular weight is 403 g/mol. The fraction of sp³-hybridized carbons (Fsp3) is 0.524. The number of aliphatic hydroxyl groups excluding tert-OH is 2. The second-order valence-corrected chi connectivity index (χ2v) is 8.66. The smallest absolute Gasteiger partial charge is 0.213 e. The first-order chi connectivity index (χ1) is 13.5. The van der Waals surface area contributed by atoms with Crippen LogP contribution in [0, 0.1) is 5.92 Å². The van der Waals surface area contributed by atoms with Gasteiger partial charge in [0.05, 0.1) is 22.4 Å². The first-order valence-electron chi connectivity index (χ1n) is 9.79. The van der Waals surface area contributed by atoms with E-state index in [9.17, 15) is 35.1 Å². The molecule has 0 saturated carbocycles. The number of carbonyl (C=O) groups is 2. The molecule has 1 heterocycles. The number of allylic oxidation sites excluding steroid dienone is 2. The van der Waals surface area contributed by atoms with Crippen molar-refractivity contribution in [3.05, 3.63) is 34.0 Å². The Bertz CT molecular complexity index is 941. The highest BCUT2D eigenvalue weighted by molar-refractivity contribution is 6.26. The van der Waals surface area contributed by atoms with Crippen molar-refractivity contribution in [3.63, 3.8) is 0 Å². The van der Waals surface area contributed by atoms with Gasteiger partial charge in [-0.1, -0.05) is 6.92 Å². The number of aromatic hydroxyl groups is 2. The monoisotopic (exact) mass is 403 g/mol. The van der Waals surface area contributed by atoms with Gasteiger partial charge in [0.1, 0.15) is 23.7 Å². The number of ketones is 2. The number of hydrogen-bond donors (Lipinski definition) is 5. The van der Waals surface area contributed by atoms with E-state index in [1.54, 1.807) is 0 Å². The number of phenols is 2. The molecule has 0 aromatic heterocycles. The van der Waals surface area contributed by atoms with E-state index >= 15 is 0 Å². The minimum atomic E-state index is -1.78. The molecule has 156 valence electrons. The van der Waals surface area contributed by atoms with Gasteiger partial charge in [-0.15, -0.1) is 0 Å². The van der Waals surface area contributed by atoms with Crippen molar-refractivity contribution in [3.8, 4) is 11.5 Å². The van der Waals surface area contributed by atoms with Crippen molar-refractivity contribution < 1.29 is 35.1 Å². The fourth-order valence-electron chi connectivity index (χ4n) is 4.59. The summed E-state index contributed by atoms with van der Waals surface area (Å²) in [4.78, 5) is 27.8. The van der Waals surface area contributed by atoms with E-state index < -0.39 is 40.9 Å². The van der Waals surface area contributed by atoms with E-state index in [-0.39, 0.29) is 34.4 Å². The molecule has 0 amide bonds. The summed E-state index contributed by atoms with van der Waals surface area (Å²) < 4.78 is 0. The SMILES string of the molecule is CC1CCN(C2=CC(=O)c3c(O)c4c(c(O)c3C2=O)CC(C)(O)C(O)C4O)CC1. The van der Waals surface area contributed by atoms with Crippen molar-refractivity contribution >= 4 is 11.6 Å². The molecule has 3 aliphatic rings. The van der Waals surface area contributed by atoms with Gasteiger partial charge < -0.3 is 30.4 Å². The number of fused-ring (bicyclic) bond motifs is 2. The van der Waals surface area contributed by atoms with Gasteiger partial charge in [-0.2, -0.15) is 0 Å². The predicted octanol–water partition coefficient (Wildman–Crippen LogP) is 0.794. The third-order valence-corrected chi connectivity index (χ3v) is 6.45. The number of piperidine rings is 1. The third-order valence-electron chi connectivity index (χ3n) is 6.45. The van der Waals surface area contributed by atoms with Crippen LogP contribution in [0.15, 0.2) is 11.8 Å². The highest BCUT2D eigenvalue weighted by Gasteiger charge is 2.48. The summed E-state index contributed by atoms with van der Waals surface area (Å²) in [5, 5.41) is 52.5. The molecule has 29 heavy (non-hydrogen) atoms. The Balaban J connectivity index is 1.86. The van der Waals surface area contributed by atoms with Gasteiger partial charge >= 0.3 is 0 Å². The number of carbonyl (C=O) groups excluding carboxylic acids is 2. The quantitative estimate of drug-likeness (QED) is 0.434. The molecule has 3 atom stereocenters. The van der Waals surface area contributed by atoms with E-state index in [2.05, 4.69) is 6.92 Å². The maximum absolute atomic E-state index is 13.2.